The van der Waals surface area contributed by atoms with Crippen LogP contribution in [0.1, 0.15) is 44.7 Å². The molecule has 1 aliphatic rings. The van der Waals surface area contributed by atoms with Crippen LogP contribution in [0.5, 0.6) is 5.75 Å². The van der Waals surface area contributed by atoms with E-state index in [1.165, 1.54) is 25.3 Å². The Labute approximate surface area is 127 Å². The number of benzene rings is 1. The average molecular weight is 294 g/mol. The number of methoxy groups -OCH3 is 1. The molecule has 1 aliphatic heterocycles. The van der Waals surface area contributed by atoms with E-state index in [0.717, 1.165) is 24.4 Å². The van der Waals surface area contributed by atoms with Crippen LogP contribution >= 0.6 is 0 Å². The second kappa shape index (κ2) is 6.75. The molecule has 1 atom stereocenters. The van der Waals surface area contributed by atoms with Crippen molar-refractivity contribution < 1.29 is 9.13 Å². The van der Waals surface area contributed by atoms with Crippen LogP contribution in [0.2, 0.25) is 0 Å². The summed E-state index contributed by atoms with van der Waals surface area (Å²) < 4.78 is 19.2. The number of piperidine rings is 1. The van der Waals surface area contributed by atoms with Crippen LogP contribution in [0, 0.1) is 5.82 Å². The molecule has 0 bridgehead atoms. The first kappa shape index (κ1) is 16.2. The molecule has 0 aliphatic carbocycles. The molecular weight excluding hydrogens is 267 g/mol. The van der Waals surface area contributed by atoms with Gasteiger partial charge in [0.05, 0.1) is 13.2 Å². The lowest BCUT2D eigenvalue weighted by Crippen LogP contribution is -2.53. The maximum absolute atomic E-state index is 13.7. The normalized spacial score (nSPS) is 18.5. The zero-order valence-corrected chi connectivity index (χ0v) is 13.6. The van der Waals surface area contributed by atoms with E-state index < -0.39 is 0 Å². The lowest BCUT2D eigenvalue weighted by Gasteiger charge is -2.46. The summed E-state index contributed by atoms with van der Waals surface area (Å²) in [5.41, 5.74) is 0.784. The van der Waals surface area contributed by atoms with E-state index in [-0.39, 0.29) is 17.4 Å². The van der Waals surface area contributed by atoms with E-state index in [1.807, 2.05) is 7.05 Å². The van der Waals surface area contributed by atoms with Crippen molar-refractivity contribution in [2.24, 2.45) is 0 Å². The van der Waals surface area contributed by atoms with Gasteiger partial charge in [0.25, 0.3) is 0 Å². The van der Waals surface area contributed by atoms with Gasteiger partial charge < -0.3 is 10.1 Å². The Morgan fingerprint density at radius 3 is 2.48 bits per heavy atom. The zero-order valence-electron chi connectivity index (χ0n) is 13.6. The van der Waals surface area contributed by atoms with Gasteiger partial charge in [-0.05, 0) is 65.0 Å². The fourth-order valence-electron chi connectivity index (χ4n) is 3.47. The quantitative estimate of drug-likeness (QED) is 0.901. The molecule has 0 amide bonds. The minimum absolute atomic E-state index is 0.0150. The van der Waals surface area contributed by atoms with E-state index >= 15 is 0 Å². The second-order valence-electron chi connectivity index (χ2n) is 6.31. The van der Waals surface area contributed by atoms with Crippen LogP contribution < -0.4 is 10.1 Å². The molecule has 1 aromatic carbocycles. The first-order valence-electron chi connectivity index (χ1n) is 7.76. The number of halogens is 1. The van der Waals surface area contributed by atoms with Crippen LogP contribution in [0.15, 0.2) is 18.2 Å². The third kappa shape index (κ3) is 3.38. The molecule has 1 N–H and O–H groups in total. The lowest BCUT2D eigenvalue weighted by atomic mass is 9.85. The molecule has 3 nitrogen and oxygen atoms in total. The summed E-state index contributed by atoms with van der Waals surface area (Å²) in [5, 5.41) is 3.37. The molecule has 1 aromatic rings. The third-order valence-electron chi connectivity index (χ3n) is 4.67. The fraction of sp³-hybridized carbons (Fsp3) is 0.647. The molecule has 0 aromatic heterocycles. The topological polar surface area (TPSA) is 24.5 Å². The van der Waals surface area contributed by atoms with Crippen LogP contribution in [0.4, 0.5) is 4.39 Å². The third-order valence-corrected chi connectivity index (χ3v) is 4.67. The molecule has 0 radical (unpaired) electrons. The number of hydrogen-bond donors (Lipinski definition) is 1. The Morgan fingerprint density at radius 1 is 1.24 bits per heavy atom. The molecule has 2 rings (SSSR count). The van der Waals surface area contributed by atoms with Gasteiger partial charge in [-0.2, -0.15) is 0 Å². The first-order valence-corrected chi connectivity index (χ1v) is 7.76. The molecule has 4 heteroatoms. The van der Waals surface area contributed by atoms with Crippen LogP contribution in [0.25, 0.3) is 0 Å². The second-order valence-corrected chi connectivity index (χ2v) is 6.31. The van der Waals surface area contributed by atoms with Crippen LogP contribution in [-0.2, 0) is 0 Å². The summed E-state index contributed by atoms with van der Waals surface area (Å²) in [6.45, 7) is 6.65. The van der Waals surface area contributed by atoms with E-state index in [4.69, 9.17) is 4.74 Å². The van der Waals surface area contributed by atoms with Crippen molar-refractivity contribution in [1.29, 1.82) is 0 Å². The van der Waals surface area contributed by atoms with Gasteiger partial charge in [0, 0.05) is 11.1 Å². The molecule has 21 heavy (non-hydrogen) atoms. The molecule has 0 saturated carbocycles. The van der Waals surface area contributed by atoms with Crippen molar-refractivity contribution in [3.8, 4) is 5.75 Å². The smallest absolute Gasteiger partial charge is 0.123 e. The predicted octanol–water partition coefficient (Wildman–Crippen LogP) is 3.36. The highest BCUT2D eigenvalue weighted by atomic mass is 19.1. The average Bonchev–Trinajstić information content (AvgIpc) is 2.49. The van der Waals surface area contributed by atoms with Crippen molar-refractivity contribution in [3.05, 3.63) is 29.6 Å². The van der Waals surface area contributed by atoms with E-state index in [1.54, 1.807) is 19.2 Å². The zero-order chi connectivity index (χ0) is 15.5. The number of likely N-dealkylation sites (N-methyl/N-ethyl adjacent to an activating group) is 1. The summed E-state index contributed by atoms with van der Waals surface area (Å²) >= 11 is 0. The maximum atomic E-state index is 13.7. The first-order chi connectivity index (χ1) is 10.0. The van der Waals surface area contributed by atoms with Crippen molar-refractivity contribution in [2.45, 2.75) is 44.7 Å². The van der Waals surface area contributed by atoms with Crippen molar-refractivity contribution in [3.63, 3.8) is 0 Å². The standard InChI is InChI=1S/C17H27FN2O/c1-17(2,20-10-6-5-7-11-20)16(19-3)14-12-13(18)8-9-15(14)21-4/h8-9,12,16,19H,5-7,10-11H2,1-4H3. The Bertz CT molecular complexity index is 470. The highest BCUT2D eigenvalue weighted by molar-refractivity contribution is 5.38. The van der Waals surface area contributed by atoms with E-state index in [2.05, 4.69) is 24.1 Å². The Kier molecular flexibility index (Phi) is 5.22. The van der Waals surface area contributed by atoms with Gasteiger partial charge in [-0.15, -0.1) is 0 Å². The van der Waals surface area contributed by atoms with Gasteiger partial charge in [-0.3, -0.25) is 4.90 Å². The van der Waals surface area contributed by atoms with Crippen LogP contribution in [-0.4, -0.2) is 37.7 Å². The summed E-state index contributed by atoms with van der Waals surface area (Å²) in [4.78, 5) is 2.50. The van der Waals surface area contributed by atoms with E-state index in [0.29, 0.717) is 0 Å². The largest absolute Gasteiger partial charge is 0.496 e. The lowest BCUT2D eigenvalue weighted by molar-refractivity contribution is 0.0624. The number of nitrogens with one attached hydrogen (secondary N) is 1. The van der Waals surface area contributed by atoms with Crippen molar-refractivity contribution in [1.82, 2.24) is 10.2 Å². The molecule has 1 saturated heterocycles. The molecular formula is C17H27FN2O. The summed E-state index contributed by atoms with van der Waals surface area (Å²) in [6.07, 6.45) is 3.78. The van der Waals surface area contributed by atoms with Gasteiger partial charge in [-0.1, -0.05) is 6.42 Å². The van der Waals surface area contributed by atoms with Crippen molar-refractivity contribution in [2.75, 3.05) is 27.2 Å². The molecule has 1 heterocycles. The SMILES string of the molecule is CNC(c1cc(F)ccc1OC)C(C)(C)N1CCCCC1. The Morgan fingerprint density at radius 2 is 1.90 bits per heavy atom. The highest BCUT2D eigenvalue weighted by Crippen LogP contribution is 2.37. The number of rotatable bonds is 5. The minimum atomic E-state index is -0.222. The highest BCUT2D eigenvalue weighted by Gasteiger charge is 2.37. The number of ether oxygens (including phenoxy) is 1. The van der Waals surface area contributed by atoms with Gasteiger partial charge in [0.2, 0.25) is 0 Å². The number of hydrogen-bond acceptors (Lipinski definition) is 3. The van der Waals surface area contributed by atoms with Crippen molar-refractivity contribution >= 4 is 0 Å². The Hall–Kier alpha value is -1.13. The number of likely N-dealkylation sites (tertiary alicyclic amines) is 1. The Balaban J connectivity index is 2.35. The van der Waals surface area contributed by atoms with Gasteiger partial charge in [0.15, 0.2) is 0 Å². The number of nitrogens with zero attached hydrogens (tertiary/aromatic N) is 1. The van der Waals surface area contributed by atoms with E-state index in [9.17, 15) is 4.39 Å². The van der Waals surface area contributed by atoms with Crippen LogP contribution in [0.3, 0.4) is 0 Å². The predicted molar refractivity (Wildman–Crippen MR) is 84.3 cm³/mol. The molecule has 1 unspecified atom stereocenters. The summed E-state index contributed by atoms with van der Waals surface area (Å²) in [5.74, 6) is 0.515. The van der Waals surface area contributed by atoms with Gasteiger partial charge in [0.1, 0.15) is 11.6 Å². The molecule has 0 spiro atoms. The minimum Gasteiger partial charge on any atom is -0.496 e. The summed E-state index contributed by atoms with van der Waals surface area (Å²) in [6, 6.07) is 4.76. The van der Waals surface area contributed by atoms with Gasteiger partial charge >= 0.3 is 0 Å². The maximum Gasteiger partial charge on any atom is 0.123 e. The van der Waals surface area contributed by atoms with Gasteiger partial charge in [-0.25, -0.2) is 4.39 Å². The molecule has 118 valence electrons. The fourth-order valence-corrected chi connectivity index (χ4v) is 3.47. The summed E-state index contributed by atoms with van der Waals surface area (Å²) in [7, 11) is 3.57. The monoisotopic (exact) mass is 294 g/mol. The molecule has 1 fully saturated rings.